The summed E-state index contributed by atoms with van der Waals surface area (Å²) in [5.41, 5.74) is 0.831. The molecule has 3 atom stereocenters. The molecule has 6 nitrogen and oxygen atoms in total. The summed E-state index contributed by atoms with van der Waals surface area (Å²) in [5, 5.41) is 20.9. The summed E-state index contributed by atoms with van der Waals surface area (Å²) in [6.07, 6.45) is 0.451. The number of fused-ring (bicyclic) bond motifs is 2. The van der Waals surface area contributed by atoms with Crippen LogP contribution in [0.3, 0.4) is 0 Å². The molecule has 0 unspecified atom stereocenters. The van der Waals surface area contributed by atoms with Crippen molar-refractivity contribution in [3.8, 4) is 0 Å². The number of hydrogen-bond donors (Lipinski definition) is 3. The normalized spacial score (nSPS) is 28.7. The zero-order valence-electron chi connectivity index (χ0n) is 12.9. The van der Waals surface area contributed by atoms with Crippen LogP contribution in [0.2, 0.25) is 0 Å². The third kappa shape index (κ3) is 1.83. The molecule has 1 saturated carbocycles. The number of carbonyl (C=O) groups excluding carboxylic acids is 1. The van der Waals surface area contributed by atoms with Gasteiger partial charge in [0, 0.05) is 29.3 Å². The zero-order valence-corrected chi connectivity index (χ0v) is 13.7. The number of H-pyrrole nitrogens is 1. The molecule has 23 heavy (non-hydrogen) atoms. The third-order valence-corrected chi connectivity index (χ3v) is 6.38. The summed E-state index contributed by atoms with van der Waals surface area (Å²) in [6, 6.07) is 1.77. The second-order valence-electron chi connectivity index (χ2n) is 7.04. The Kier molecular flexibility index (Phi) is 2.93. The van der Waals surface area contributed by atoms with Crippen LogP contribution in [0.25, 0.3) is 10.2 Å². The predicted octanol–water partition coefficient (Wildman–Crippen LogP) is 2.16. The molecule has 3 heterocycles. The minimum atomic E-state index is -0.999. The van der Waals surface area contributed by atoms with Gasteiger partial charge in [-0.1, -0.05) is 13.8 Å². The van der Waals surface area contributed by atoms with Gasteiger partial charge in [0.05, 0.1) is 21.9 Å². The van der Waals surface area contributed by atoms with E-state index >= 15 is 0 Å². The van der Waals surface area contributed by atoms with Crippen LogP contribution in [0.15, 0.2) is 11.4 Å². The van der Waals surface area contributed by atoms with E-state index in [1.165, 1.54) is 11.3 Å². The molecular weight excluding hydrogens is 316 g/mol. The van der Waals surface area contributed by atoms with E-state index in [9.17, 15) is 19.8 Å². The number of aliphatic hydroxyl groups excluding tert-OH is 1. The van der Waals surface area contributed by atoms with Gasteiger partial charge in [0.1, 0.15) is 5.69 Å². The average molecular weight is 334 g/mol. The highest BCUT2D eigenvalue weighted by atomic mass is 32.1. The van der Waals surface area contributed by atoms with E-state index in [4.69, 9.17) is 0 Å². The highest BCUT2D eigenvalue weighted by molar-refractivity contribution is 7.17. The number of carbonyl (C=O) groups is 2. The van der Waals surface area contributed by atoms with Gasteiger partial charge < -0.3 is 20.1 Å². The fraction of sp³-hybridized carbons (Fsp3) is 0.500. The number of aromatic nitrogens is 1. The van der Waals surface area contributed by atoms with Gasteiger partial charge in [0.25, 0.3) is 5.91 Å². The van der Waals surface area contributed by atoms with Crippen molar-refractivity contribution in [2.75, 3.05) is 6.54 Å². The fourth-order valence-corrected chi connectivity index (χ4v) is 5.20. The molecule has 0 bridgehead atoms. The number of hydrogen-bond acceptors (Lipinski definition) is 4. The molecule has 7 heteroatoms. The zero-order chi connectivity index (χ0) is 16.5. The lowest BCUT2D eigenvalue weighted by molar-refractivity contribution is -0.135. The monoisotopic (exact) mass is 334 g/mol. The van der Waals surface area contributed by atoms with Crippen molar-refractivity contribution in [3.05, 3.63) is 22.7 Å². The number of aliphatic hydroxyl groups is 1. The smallest absolute Gasteiger partial charge is 0.338 e. The number of thiophene rings is 1. The highest BCUT2D eigenvalue weighted by Gasteiger charge is 2.61. The Balaban J connectivity index is 1.66. The Morgan fingerprint density at radius 3 is 2.87 bits per heavy atom. The van der Waals surface area contributed by atoms with Crippen LogP contribution < -0.4 is 0 Å². The first-order valence-corrected chi connectivity index (χ1v) is 8.53. The number of amides is 1. The summed E-state index contributed by atoms with van der Waals surface area (Å²) >= 11 is 1.32. The first-order chi connectivity index (χ1) is 10.8. The van der Waals surface area contributed by atoms with E-state index in [2.05, 4.69) is 4.98 Å². The number of carboxylic acid groups (broad SMARTS) is 1. The molecule has 2 aromatic rings. The van der Waals surface area contributed by atoms with Gasteiger partial charge in [-0.3, -0.25) is 4.79 Å². The van der Waals surface area contributed by atoms with Crippen LogP contribution >= 0.6 is 11.3 Å². The second-order valence-corrected chi connectivity index (χ2v) is 7.95. The molecule has 0 spiro atoms. The Hall–Kier alpha value is -1.86. The van der Waals surface area contributed by atoms with E-state index in [1.54, 1.807) is 11.4 Å². The van der Waals surface area contributed by atoms with Crippen LogP contribution in [0.5, 0.6) is 0 Å². The van der Waals surface area contributed by atoms with Crippen LogP contribution in [-0.4, -0.2) is 50.7 Å². The first-order valence-electron chi connectivity index (χ1n) is 7.65. The molecule has 1 saturated heterocycles. The van der Waals surface area contributed by atoms with Crippen LogP contribution in [0, 0.1) is 11.3 Å². The maximum absolute atomic E-state index is 12.9. The maximum Gasteiger partial charge on any atom is 0.338 e. The molecule has 1 aliphatic heterocycles. The summed E-state index contributed by atoms with van der Waals surface area (Å²) in [4.78, 5) is 28.9. The van der Waals surface area contributed by atoms with Crippen molar-refractivity contribution in [2.45, 2.75) is 32.4 Å². The standard InChI is InChI=1S/C16H18N2O4S/c1-16(2)12-7(13(16)19)3-4-18(12)14(20)9-5-10-11(17-9)8(6-23-10)15(21)22/h5-7,12-13,17,19H,3-4H2,1-2H3,(H,21,22)/t7-,12+,13+/m1/s1. The molecule has 2 fully saturated rings. The van der Waals surface area contributed by atoms with Crippen LogP contribution in [0.1, 0.15) is 41.1 Å². The molecule has 0 aromatic carbocycles. The van der Waals surface area contributed by atoms with Crippen molar-refractivity contribution < 1.29 is 19.8 Å². The largest absolute Gasteiger partial charge is 0.478 e. The Labute approximate surface area is 136 Å². The van der Waals surface area contributed by atoms with Gasteiger partial charge in [-0.25, -0.2) is 4.79 Å². The SMILES string of the molecule is CC1(C)[C@@H]2[C@@H](CCN2C(=O)c2cc3scc(C(=O)O)c3[nH]2)[C@@H]1O. The second kappa shape index (κ2) is 4.58. The van der Waals surface area contributed by atoms with E-state index in [1.807, 2.05) is 18.7 Å². The summed E-state index contributed by atoms with van der Waals surface area (Å²) in [5.74, 6) is -0.960. The van der Waals surface area contributed by atoms with Crippen molar-refractivity contribution in [2.24, 2.45) is 11.3 Å². The summed E-state index contributed by atoms with van der Waals surface area (Å²) < 4.78 is 0.773. The number of nitrogens with zero attached hydrogens (tertiary/aromatic N) is 1. The van der Waals surface area contributed by atoms with E-state index in [0.29, 0.717) is 17.8 Å². The van der Waals surface area contributed by atoms with Gasteiger partial charge >= 0.3 is 5.97 Å². The lowest BCUT2D eigenvalue weighted by Crippen LogP contribution is -2.64. The van der Waals surface area contributed by atoms with Crippen molar-refractivity contribution in [1.82, 2.24) is 9.88 Å². The lowest BCUT2D eigenvalue weighted by atomic mass is 9.58. The van der Waals surface area contributed by atoms with Gasteiger partial charge in [-0.05, 0) is 12.5 Å². The number of likely N-dealkylation sites (tertiary alicyclic amines) is 1. The third-order valence-electron chi connectivity index (χ3n) is 5.45. The van der Waals surface area contributed by atoms with Crippen molar-refractivity contribution in [1.29, 1.82) is 0 Å². The van der Waals surface area contributed by atoms with Crippen molar-refractivity contribution >= 4 is 33.4 Å². The highest BCUT2D eigenvalue weighted by Crippen LogP contribution is 2.53. The predicted molar refractivity (Wildman–Crippen MR) is 85.9 cm³/mol. The average Bonchev–Trinajstić information content (AvgIpc) is 3.17. The van der Waals surface area contributed by atoms with Crippen molar-refractivity contribution in [3.63, 3.8) is 0 Å². The van der Waals surface area contributed by atoms with Crippen LogP contribution in [-0.2, 0) is 0 Å². The molecule has 2 aromatic heterocycles. The number of aromatic carboxylic acids is 1. The minimum Gasteiger partial charge on any atom is -0.478 e. The fourth-order valence-electron chi connectivity index (χ4n) is 4.27. The van der Waals surface area contributed by atoms with Gasteiger partial charge in [-0.15, -0.1) is 11.3 Å². The van der Waals surface area contributed by atoms with Gasteiger partial charge in [0.15, 0.2) is 0 Å². The number of carboxylic acids is 1. The quantitative estimate of drug-likeness (QED) is 0.784. The number of aromatic amines is 1. The summed E-state index contributed by atoms with van der Waals surface area (Å²) in [6.45, 7) is 4.60. The first kappa shape index (κ1) is 14.7. The Morgan fingerprint density at radius 1 is 1.43 bits per heavy atom. The minimum absolute atomic E-state index is 0.0466. The molecule has 122 valence electrons. The van der Waals surface area contributed by atoms with E-state index in [-0.39, 0.29) is 34.9 Å². The molecule has 1 aliphatic carbocycles. The molecule has 3 N–H and O–H groups in total. The molecule has 4 rings (SSSR count). The Morgan fingerprint density at radius 2 is 2.17 bits per heavy atom. The lowest BCUT2D eigenvalue weighted by Gasteiger charge is -2.55. The molecular formula is C16H18N2O4S. The molecule has 1 amide bonds. The summed E-state index contributed by atoms with van der Waals surface area (Å²) in [7, 11) is 0. The molecule has 2 aliphatic rings. The van der Waals surface area contributed by atoms with E-state index in [0.717, 1.165) is 11.1 Å². The van der Waals surface area contributed by atoms with Gasteiger partial charge in [0.2, 0.25) is 0 Å². The van der Waals surface area contributed by atoms with Gasteiger partial charge in [-0.2, -0.15) is 0 Å². The number of nitrogens with one attached hydrogen (secondary N) is 1. The Bertz CT molecular complexity index is 821. The molecule has 0 radical (unpaired) electrons. The topological polar surface area (TPSA) is 93.6 Å². The maximum atomic E-state index is 12.9. The number of rotatable bonds is 2. The van der Waals surface area contributed by atoms with E-state index < -0.39 is 5.97 Å². The van der Waals surface area contributed by atoms with Crippen LogP contribution in [0.4, 0.5) is 0 Å².